The second-order valence-electron chi connectivity index (χ2n) is 3.96. The van der Waals surface area contributed by atoms with E-state index in [-0.39, 0.29) is 16.6 Å². The second-order valence-corrected chi connectivity index (χ2v) is 4.62. The van der Waals surface area contributed by atoms with Crippen molar-refractivity contribution < 1.29 is 4.79 Å². The van der Waals surface area contributed by atoms with E-state index in [0.717, 1.165) is 5.56 Å². The summed E-state index contributed by atoms with van der Waals surface area (Å²) in [5, 5.41) is 8.38. The third-order valence-electron chi connectivity index (χ3n) is 2.55. The van der Waals surface area contributed by atoms with Crippen LogP contribution in [0.25, 0.3) is 0 Å². The maximum absolute atomic E-state index is 12.0. The van der Waals surface area contributed by atoms with Gasteiger partial charge in [-0.3, -0.25) is 9.59 Å². The lowest BCUT2D eigenvalue weighted by Crippen LogP contribution is -2.18. The molecule has 1 aromatic heterocycles. The first-order chi connectivity index (χ1) is 9.08. The van der Waals surface area contributed by atoms with Crippen LogP contribution in [0.1, 0.15) is 28.4 Å². The van der Waals surface area contributed by atoms with E-state index in [9.17, 15) is 9.59 Å². The Balaban J connectivity index is 2.24. The maximum atomic E-state index is 12.0. The number of benzene rings is 1. The van der Waals surface area contributed by atoms with Crippen LogP contribution in [-0.2, 0) is 0 Å². The molecule has 0 bridgehead atoms. The van der Waals surface area contributed by atoms with Crippen molar-refractivity contribution in [3.8, 4) is 0 Å². The van der Waals surface area contributed by atoms with Gasteiger partial charge in [-0.05, 0) is 24.6 Å². The summed E-state index contributed by atoms with van der Waals surface area (Å²) in [5.41, 5.74) is 1.23. The number of hydrogen-bond acceptors (Lipinski definition) is 3. The molecule has 2 rings (SSSR count). The van der Waals surface area contributed by atoms with Gasteiger partial charge in [0.05, 0.1) is 5.38 Å². The number of aromatic nitrogens is 2. The van der Waals surface area contributed by atoms with Crippen LogP contribution in [0, 0.1) is 0 Å². The number of rotatable bonds is 3. The highest BCUT2D eigenvalue weighted by Crippen LogP contribution is 2.27. The molecule has 0 aliphatic heterocycles. The van der Waals surface area contributed by atoms with Crippen LogP contribution in [0.5, 0.6) is 0 Å². The van der Waals surface area contributed by atoms with Gasteiger partial charge in [-0.25, -0.2) is 5.10 Å². The Morgan fingerprint density at radius 2 is 2.05 bits per heavy atom. The first-order valence-corrected chi connectivity index (χ1v) is 6.11. The van der Waals surface area contributed by atoms with Crippen molar-refractivity contribution in [1.82, 2.24) is 10.2 Å². The van der Waals surface area contributed by atoms with E-state index in [2.05, 4.69) is 15.5 Å². The van der Waals surface area contributed by atoms with Crippen molar-refractivity contribution in [3.05, 3.63) is 58.0 Å². The molecule has 1 heterocycles. The van der Waals surface area contributed by atoms with E-state index in [1.807, 2.05) is 19.1 Å². The molecule has 0 radical (unpaired) electrons. The number of nitrogens with zero attached hydrogens (tertiary/aromatic N) is 1. The summed E-state index contributed by atoms with van der Waals surface area (Å²) >= 11 is 6.04. The number of H-pyrrole nitrogens is 1. The van der Waals surface area contributed by atoms with Gasteiger partial charge >= 0.3 is 0 Å². The molecule has 1 atom stereocenters. The van der Waals surface area contributed by atoms with Crippen LogP contribution in [0.15, 0.2) is 41.2 Å². The SMILES string of the molecule is CC(Cl)c1ccccc1NC(=O)c1ccc(=O)[nH]n1. The molecule has 2 N–H and O–H groups in total. The van der Waals surface area contributed by atoms with Gasteiger partial charge < -0.3 is 5.32 Å². The van der Waals surface area contributed by atoms with Crippen LogP contribution >= 0.6 is 11.6 Å². The van der Waals surface area contributed by atoms with Crippen molar-refractivity contribution in [2.75, 3.05) is 5.32 Å². The normalized spacial score (nSPS) is 11.9. The van der Waals surface area contributed by atoms with Crippen LogP contribution in [0.3, 0.4) is 0 Å². The molecule has 1 amide bonds. The monoisotopic (exact) mass is 277 g/mol. The fourth-order valence-electron chi connectivity index (χ4n) is 1.62. The van der Waals surface area contributed by atoms with Gasteiger partial charge in [0, 0.05) is 11.8 Å². The maximum Gasteiger partial charge on any atom is 0.276 e. The molecule has 0 spiro atoms. The summed E-state index contributed by atoms with van der Waals surface area (Å²) < 4.78 is 0. The van der Waals surface area contributed by atoms with Crippen LogP contribution < -0.4 is 10.9 Å². The standard InChI is InChI=1S/C13H12ClN3O2/c1-8(14)9-4-2-3-5-10(9)15-13(19)11-6-7-12(18)17-16-11/h2-8H,1H3,(H,15,19)(H,17,18). The number of carbonyl (C=O) groups excluding carboxylic acids is 1. The number of amides is 1. The number of aromatic amines is 1. The van der Waals surface area contributed by atoms with Gasteiger partial charge in [0.2, 0.25) is 0 Å². The molecular weight excluding hydrogens is 266 g/mol. The van der Waals surface area contributed by atoms with E-state index in [0.29, 0.717) is 5.69 Å². The van der Waals surface area contributed by atoms with Crippen LogP contribution in [-0.4, -0.2) is 16.1 Å². The summed E-state index contributed by atoms with van der Waals surface area (Å²) in [6, 6.07) is 9.87. The van der Waals surface area contributed by atoms with Crippen molar-refractivity contribution in [2.45, 2.75) is 12.3 Å². The number of anilines is 1. The molecule has 0 saturated carbocycles. The van der Waals surface area contributed by atoms with E-state index < -0.39 is 5.91 Å². The molecule has 0 saturated heterocycles. The predicted octanol–water partition coefficient (Wildman–Crippen LogP) is 2.32. The predicted molar refractivity (Wildman–Crippen MR) is 73.5 cm³/mol. The Hall–Kier alpha value is -2.14. The van der Waals surface area contributed by atoms with Crippen molar-refractivity contribution in [3.63, 3.8) is 0 Å². The molecule has 98 valence electrons. The smallest absolute Gasteiger partial charge is 0.276 e. The Bertz CT molecular complexity index is 632. The second kappa shape index (κ2) is 5.67. The third kappa shape index (κ3) is 3.20. The number of alkyl halides is 1. The van der Waals surface area contributed by atoms with Crippen molar-refractivity contribution in [2.24, 2.45) is 0 Å². The van der Waals surface area contributed by atoms with Gasteiger partial charge in [-0.15, -0.1) is 11.6 Å². The Morgan fingerprint density at radius 3 is 2.68 bits per heavy atom. The summed E-state index contributed by atoms with van der Waals surface area (Å²) in [5.74, 6) is -0.402. The third-order valence-corrected chi connectivity index (χ3v) is 2.78. The zero-order chi connectivity index (χ0) is 13.8. The number of para-hydroxylation sites is 1. The Kier molecular flexibility index (Phi) is 3.97. The van der Waals surface area contributed by atoms with Crippen molar-refractivity contribution >= 4 is 23.2 Å². The molecule has 1 unspecified atom stereocenters. The summed E-state index contributed by atoms with van der Waals surface area (Å²) in [7, 11) is 0. The highest BCUT2D eigenvalue weighted by molar-refractivity contribution is 6.21. The van der Waals surface area contributed by atoms with E-state index in [1.165, 1.54) is 12.1 Å². The number of halogens is 1. The number of nitrogens with one attached hydrogen (secondary N) is 2. The van der Waals surface area contributed by atoms with E-state index in [4.69, 9.17) is 11.6 Å². The summed E-state index contributed by atoms with van der Waals surface area (Å²) in [6.07, 6.45) is 0. The Labute approximate surface area is 114 Å². The van der Waals surface area contributed by atoms with Gasteiger partial charge in [0.15, 0.2) is 0 Å². The number of hydrogen-bond donors (Lipinski definition) is 2. The molecule has 6 heteroatoms. The van der Waals surface area contributed by atoms with E-state index >= 15 is 0 Å². The molecule has 1 aromatic carbocycles. The highest BCUT2D eigenvalue weighted by Gasteiger charge is 2.12. The lowest BCUT2D eigenvalue weighted by Gasteiger charge is -2.11. The van der Waals surface area contributed by atoms with E-state index in [1.54, 1.807) is 12.1 Å². The first kappa shape index (κ1) is 13.3. The molecule has 0 aliphatic rings. The summed E-state index contributed by atoms with van der Waals surface area (Å²) in [6.45, 7) is 1.82. The molecule has 2 aromatic rings. The lowest BCUT2D eigenvalue weighted by atomic mass is 10.1. The molecular formula is C13H12ClN3O2. The summed E-state index contributed by atoms with van der Waals surface area (Å²) in [4.78, 5) is 22.8. The minimum absolute atomic E-state index is 0.136. The highest BCUT2D eigenvalue weighted by atomic mass is 35.5. The molecule has 5 nitrogen and oxygen atoms in total. The van der Waals surface area contributed by atoms with Gasteiger partial charge in [-0.2, -0.15) is 5.10 Å². The quantitative estimate of drug-likeness (QED) is 0.846. The van der Waals surface area contributed by atoms with Crippen LogP contribution in [0.4, 0.5) is 5.69 Å². The van der Waals surface area contributed by atoms with Crippen LogP contribution in [0.2, 0.25) is 0 Å². The van der Waals surface area contributed by atoms with Gasteiger partial charge in [0.1, 0.15) is 5.69 Å². The zero-order valence-corrected chi connectivity index (χ0v) is 10.9. The molecule has 0 fully saturated rings. The van der Waals surface area contributed by atoms with Gasteiger partial charge in [-0.1, -0.05) is 18.2 Å². The van der Waals surface area contributed by atoms with Crippen molar-refractivity contribution in [1.29, 1.82) is 0 Å². The Morgan fingerprint density at radius 1 is 1.32 bits per heavy atom. The fraction of sp³-hybridized carbons (Fsp3) is 0.154. The average Bonchev–Trinajstić information content (AvgIpc) is 2.39. The first-order valence-electron chi connectivity index (χ1n) is 5.68. The lowest BCUT2D eigenvalue weighted by molar-refractivity contribution is 0.102. The fourth-order valence-corrected chi connectivity index (χ4v) is 1.81. The largest absolute Gasteiger partial charge is 0.320 e. The average molecular weight is 278 g/mol. The number of carbonyl (C=O) groups is 1. The zero-order valence-electron chi connectivity index (χ0n) is 10.2. The minimum Gasteiger partial charge on any atom is -0.320 e. The topological polar surface area (TPSA) is 74.8 Å². The molecule has 19 heavy (non-hydrogen) atoms. The molecule has 0 aliphatic carbocycles. The minimum atomic E-state index is -0.402. The van der Waals surface area contributed by atoms with Gasteiger partial charge in [0.25, 0.3) is 11.5 Å².